The van der Waals surface area contributed by atoms with Gasteiger partial charge in [0.05, 0.1) is 25.5 Å². The fourth-order valence-corrected chi connectivity index (χ4v) is 1.95. The van der Waals surface area contributed by atoms with Crippen molar-refractivity contribution in [1.29, 1.82) is 0 Å². The summed E-state index contributed by atoms with van der Waals surface area (Å²) in [7, 11) is 3.09. The number of nitrogens with zero attached hydrogens (tertiary/aromatic N) is 4. The summed E-state index contributed by atoms with van der Waals surface area (Å²) in [5, 5.41) is 0. The Bertz CT molecular complexity index is 723. The second-order valence-corrected chi connectivity index (χ2v) is 3.85. The minimum absolute atomic E-state index is 0.276. The molecule has 96 valence electrons. The van der Waals surface area contributed by atoms with Crippen molar-refractivity contribution in [1.82, 2.24) is 19.4 Å². The maximum atomic E-state index is 5.30. The van der Waals surface area contributed by atoms with Gasteiger partial charge in [-0.05, 0) is 12.1 Å². The quantitative estimate of drug-likeness (QED) is 0.715. The topological polar surface area (TPSA) is 61.5 Å². The lowest BCUT2D eigenvalue weighted by molar-refractivity contribution is 0.353. The number of pyridine rings is 1. The van der Waals surface area contributed by atoms with Crippen molar-refractivity contribution in [3.05, 3.63) is 36.8 Å². The predicted octanol–water partition coefficient (Wildman–Crippen LogP) is 1.81. The molecular formula is C13H12N4O2. The summed E-state index contributed by atoms with van der Waals surface area (Å²) in [6.07, 6.45) is 5.31. The molecule has 0 atom stereocenters. The first-order valence-corrected chi connectivity index (χ1v) is 5.71. The van der Waals surface area contributed by atoms with Crippen LogP contribution in [0.25, 0.3) is 16.9 Å². The third kappa shape index (κ3) is 1.87. The molecule has 0 bridgehead atoms. The van der Waals surface area contributed by atoms with Crippen molar-refractivity contribution in [2.45, 2.75) is 0 Å². The number of hydrogen-bond donors (Lipinski definition) is 0. The summed E-state index contributed by atoms with van der Waals surface area (Å²) in [6, 6.07) is 6.10. The lowest BCUT2D eigenvalue weighted by Gasteiger charge is -2.10. The number of rotatable bonds is 3. The number of imidazole rings is 1. The van der Waals surface area contributed by atoms with Crippen molar-refractivity contribution in [3.63, 3.8) is 0 Å². The molecule has 3 rings (SSSR count). The zero-order valence-corrected chi connectivity index (χ0v) is 10.6. The highest BCUT2D eigenvalue weighted by Crippen LogP contribution is 2.28. The van der Waals surface area contributed by atoms with Crippen molar-refractivity contribution >= 4 is 5.65 Å². The molecule has 0 saturated carbocycles. The first-order chi connectivity index (χ1) is 9.33. The number of ether oxygens (including phenoxy) is 2. The van der Waals surface area contributed by atoms with Gasteiger partial charge < -0.3 is 9.47 Å². The highest BCUT2D eigenvalue weighted by Gasteiger charge is 2.13. The van der Waals surface area contributed by atoms with Crippen LogP contribution < -0.4 is 9.47 Å². The van der Waals surface area contributed by atoms with Crippen LogP contribution in [0.5, 0.6) is 11.9 Å². The zero-order chi connectivity index (χ0) is 13.2. The molecule has 0 radical (unpaired) electrons. The van der Waals surface area contributed by atoms with E-state index in [9.17, 15) is 0 Å². The van der Waals surface area contributed by atoms with E-state index in [4.69, 9.17) is 9.47 Å². The van der Waals surface area contributed by atoms with Gasteiger partial charge in [-0.15, -0.1) is 0 Å². The predicted molar refractivity (Wildman–Crippen MR) is 69.3 cm³/mol. The fraction of sp³-hybridized carbons (Fsp3) is 0.154. The van der Waals surface area contributed by atoms with Gasteiger partial charge in [-0.2, -0.15) is 4.98 Å². The standard InChI is InChI=1S/C13H12N4O2/c1-18-12-9(8-15-13(16-12)19-2)10-4-3-5-11-14-6-7-17(10)11/h3-8H,1-2H3. The van der Waals surface area contributed by atoms with Gasteiger partial charge in [0.25, 0.3) is 0 Å². The number of fused-ring (bicyclic) bond motifs is 1. The molecule has 0 unspecified atom stereocenters. The molecule has 0 spiro atoms. The molecule has 0 aliphatic carbocycles. The number of aromatic nitrogens is 4. The van der Waals surface area contributed by atoms with Crippen LogP contribution in [-0.2, 0) is 0 Å². The van der Waals surface area contributed by atoms with Gasteiger partial charge in [-0.3, -0.25) is 4.40 Å². The van der Waals surface area contributed by atoms with E-state index in [1.807, 2.05) is 28.8 Å². The van der Waals surface area contributed by atoms with E-state index in [0.717, 1.165) is 16.9 Å². The maximum absolute atomic E-state index is 5.30. The van der Waals surface area contributed by atoms with E-state index >= 15 is 0 Å². The van der Waals surface area contributed by atoms with Gasteiger partial charge in [0.1, 0.15) is 5.65 Å². The third-order valence-electron chi connectivity index (χ3n) is 2.81. The Hall–Kier alpha value is -2.63. The summed E-state index contributed by atoms with van der Waals surface area (Å²) in [5.74, 6) is 0.466. The first kappa shape index (κ1) is 11.5. The van der Waals surface area contributed by atoms with Crippen LogP contribution in [0, 0.1) is 0 Å². The largest absolute Gasteiger partial charge is 0.480 e. The SMILES string of the molecule is COc1ncc(-c2cccc3nccn23)c(OC)n1. The third-order valence-corrected chi connectivity index (χ3v) is 2.81. The monoisotopic (exact) mass is 256 g/mol. The second-order valence-electron chi connectivity index (χ2n) is 3.85. The van der Waals surface area contributed by atoms with Crippen LogP contribution in [0.3, 0.4) is 0 Å². The van der Waals surface area contributed by atoms with Crippen LogP contribution >= 0.6 is 0 Å². The average molecular weight is 256 g/mol. The molecule has 0 aliphatic heterocycles. The van der Waals surface area contributed by atoms with E-state index < -0.39 is 0 Å². The van der Waals surface area contributed by atoms with E-state index in [1.165, 1.54) is 7.11 Å². The Morgan fingerprint density at radius 3 is 2.79 bits per heavy atom. The van der Waals surface area contributed by atoms with E-state index in [2.05, 4.69) is 15.0 Å². The summed E-state index contributed by atoms with van der Waals surface area (Å²) in [5.41, 5.74) is 2.55. The van der Waals surface area contributed by atoms with Crippen LogP contribution in [0.2, 0.25) is 0 Å². The summed E-state index contributed by atoms with van der Waals surface area (Å²) >= 11 is 0. The van der Waals surface area contributed by atoms with Crippen molar-refractivity contribution in [2.75, 3.05) is 14.2 Å². The maximum Gasteiger partial charge on any atom is 0.319 e. The Morgan fingerprint density at radius 1 is 1.11 bits per heavy atom. The van der Waals surface area contributed by atoms with Gasteiger partial charge in [-0.1, -0.05) is 6.07 Å². The Labute approximate surface area is 109 Å². The Morgan fingerprint density at radius 2 is 2.00 bits per heavy atom. The van der Waals surface area contributed by atoms with Crippen LogP contribution in [0.4, 0.5) is 0 Å². The summed E-state index contributed by atoms with van der Waals surface area (Å²) in [4.78, 5) is 12.6. The fourth-order valence-electron chi connectivity index (χ4n) is 1.95. The minimum Gasteiger partial charge on any atom is -0.480 e. The molecule has 3 heterocycles. The Balaban J connectivity index is 2.23. The lowest BCUT2D eigenvalue weighted by Crippen LogP contribution is -1.99. The molecule has 3 aromatic heterocycles. The van der Waals surface area contributed by atoms with Gasteiger partial charge in [0.2, 0.25) is 5.88 Å². The van der Waals surface area contributed by atoms with Crippen molar-refractivity contribution in [2.24, 2.45) is 0 Å². The molecule has 0 aromatic carbocycles. The zero-order valence-electron chi connectivity index (χ0n) is 10.6. The smallest absolute Gasteiger partial charge is 0.319 e. The molecule has 0 amide bonds. The average Bonchev–Trinajstić information content (AvgIpc) is 2.95. The van der Waals surface area contributed by atoms with E-state index in [-0.39, 0.29) is 6.01 Å². The van der Waals surface area contributed by atoms with Crippen molar-refractivity contribution in [3.8, 4) is 23.1 Å². The molecule has 0 aliphatic rings. The molecule has 0 saturated heterocycles. The van der Waals surface area contributed by atoms with Gasteiger partial charge >= 0.3 is 6.01 Å². The van der Waals surface area contributed by atoms with E-state index in [1.54, 1.807) is 19.5 Å². The minimum atomic E-state index is 0.276. The summed E-state index contributed by atoms with van der Waals surface area (Å²) < 4.78 is 12.3. The van der Waals surface area contributed by atoms with Gasteiger partial charge in [0.15, 0.2) is 0 Å². The highest BCUT2D eigenvalue weighted by molar-refractivity contribution is 5.67. The van der Waals surface area contributed by atoms with E-state index in [0.29, 0.717) is 5.88 Å². The van der Waals surface area contributed by atoms with Gasteiger partial charge in [0, 0.05) is 18.6 Å². The molecular weight excluding hydrogens is 244 g/mol. The number of methoxy groups -OCH3 is 2. The Kier molecular flexibility index (Phi) is 2.75. The second kappa shape index (κ2) is 4.56. The highest BCUT2D eigenvalue weighted by atomic mass is 16.5. The first-order valence-electron chi connectivity index (χ1n) is 5.71. The number of hydrogen-bond acceptors (Lipinski definition) is 5. The normalized spacial score (nSPS) is 10.6. The molecule has 19 heavy (non-hydrogen) atoms. The molecule has 0 fully saturated rings. The van der Waals surface area contributed by atoms with Crippen LogP contribution in [0.15, 0.2) is 36.8 Å². The van der Waals surface area contributed by atoms with Crippen LogP contribution in [0.1, 0.15) is 0 Å². The van der Waals surface area contributed by atoms with Gasteiger partial charge in [-0.25, -0.2) is 9.97 Å². The summed E-state index contributed by atoms with van der Waals surface area (Å²) in [6.45, 7) is 0. The molecule has 6 nitrogen and oxygen atoms in total. The van der Waals surface area contributed by atoms with Crippen molar-refractivity contribution < 1.29 is 9.47 Å². The molecule has 3 aromatic rings. The lowest BCUT2D eigenvalue weighted by atomic mass is 10.2. The van der Waals surface area contributed by atoms with Crippen LogP contribution in [-0.4, -0.2) is 33.6 Å². The molecule has 6 heteroatoms. The molecule has 0 N–H and O–H groups in total.